The molecule has 1 aromatic heterocycles. The van der Waals surface area contributed by atoms with Crippen LogP contribution in [0.3, 0.4) is 0 Å². The molecule has 0 aliphatic carbocycles. The first kappa shape index (κ1) is 10.5. The summed E-state index contributed by atoms with van der Waals surface area (Å²) in [6.07, 6.45) is 1.87. The zero-order valence-corrected chi connectivity index (χ0v) is 9.15. The summed E-state index contributed by atoms with van der Waals surface area (Å²) >= 11 is 5.51. The van der Waals surface area contributed by atoms with E-state index in [1.54, 1.807) is 0 Å². The highest BCUT2D eigenvalue weighted by Crippen LogP contribution is 2.11. The maximum Gasteiger partial charge on any atom is 0.0683 e. The van der Waals surface area contributed by atoms with E-state index in [1.165, 1.54) is 0 Å². The summed E-state index contributed by atoms with van der Waals surface area (Å²) in [5.41, 5.74) is 1.15. The number of halogens is 1. The third kappa shape index (κ3) is 2.49. The van der Waals surface area contributed by atoms with E-state index < -0.39 is 0 Å². The summed E-state index contributed by atoms with van der Waals surface area (Å²) in [6, 6.07) is 8.14. The van der Waals surface area contributed by atoms with Gasteiger partial charge in [-0.15, -0.1) is 11.6 Å². The number of benzene rings is 1. The van der Waals surface area contributed by atoms with Crippen LogP contribution in [0.5, 0.6) is 0 Å². The van der Waals surface area contributed by atoms with Crippen molar-refractivity contribution >= 4 is 22.5 Å². The molecule has 0 bridgehead atoms. The van der Waals surface area contributed by atoms with Crippen molar-refractivity contribution in [3.8, 4) is 0 Å². The van der Waals surface area contributed by atoms with Crippen molar-refractivity contribution in [2.24, 2.45) is 0 Å². The molecule has 0 radical (unpaired) electrons. The maximum atomic E-state index is 5.51. The lowest BCUT2D eigenvalue weighted by Gasteiger charge is -2.03. The van der Waals surface area contributed by atoms with Crippen molar-refractivity contribution in [1.82, 2.24) is 9.78 Å². The molecule has 0 amide bonds. The number of rotatable bonds is 5. The number of ether oxygens (including phenoxy) is 1. The molecule has 80 valence electrons. The standard InChI is InChI=1S/C11H13ClN2O/c12-5-7-15-8-6-14-11-4-2-1-3-10(11)9-13-14/h1-4,9H,5-8H2. The molecule has 3 nitrogen and oxygen atoms in total. The number of nitrogens with zero attached hydrogens (tertiary/aromatic N) is 2. The Kier molecular flexibility index (Phi) is 3.59. The summed E-state index contributed by atoms with van der Waals surface area (Å²) in [5.74, 6) is 0.542. The molecule has 2 rings (SSSR count). The second kappa shape index (κ2) is 5.14. The Hall–Kier alpha value is -1.06. The third-order valence-corrected chi connectivity index (χ3v) is 2.37. The molecular formula is C11H13ClN2O. The Morgan fingerprint density at radius 2 is 2.13 bits per heavy atom. The van der Waals surface area contributed by atoms with Gasteiger partial charge < -0.3 is 4.74 Å². The lowest BCUT2D eigenvalue weighted by Crippen LogP contribution is -2.08. The van der Waals surface area contributed by atoms with Gasteiger partial charge >= 0.3 is 0 Å². The molecule has 1 aromatic carbocycles. The molecule has 0 atom stereocenters. The largest absolute Gasteiger partial charge is 0.378 e. The first-order valence-electron chi connectivity index (χ1n) is 4.96. The van der Waals surface area contributed by atoms with E-state index in [2.05, 4.69) is 17.2 Å². The van der Waals surface area contributed by atoms with Gasteiger partial charge in [-0.3, -0.25) is 4.68 Å². The van der Waals surface area contributed by atoms with Crippen LogP contribution in [0.1, 0.15) is 0 Å². The Morgan fingerprint density at radius 1 is 1.27 bits per heavy atom. The van der Waals surface area contributed by atoms with Gasteiger partial charge in [0.15, 0.2) is 0 Å². The molecule has 0 spiro atoms. The average molecular weight is 225 g/mol. The minimum atomic E-state index is 0.542. The number of aromatic nitrogens is 2. The highest BCUT2D eigenvalue weighted by molar-refractivity contribution is 6.17. The zero-order chi connectivity index (χ0) is 10.5. The fraction of sp³-hybridized carbons (Fsp3) is 0.364. The predicted molar refractivity (Wildman–Crippen MR) is 61.3 cm³/mol. The van der Waals surface area contributed by atoms with Gasteiger partial charge in [-0.2, -0.15) is 5.10 Å². The minimum absolute atomic E-state index is 0.542. The van der Waals surface area contributed by atoms with Crippen molar-refractivity contribution in [2.45, 2.75) is 6.54 Å². The molecular weight excluding hydrogens is 212 g/mol. The molecule has 15 heavy (non-hydrogen) atoms. The van der Waals surface area contributed by atoms with E-state index in [0.717, 1.165) is 17.4 Å². The summed E-state index contributed by atoms with van der Waals surface area (Å²) in [4.78, 5) is 0. The van der Waals surface area contributed by atoms with Gasteiger partial charge in [0.05, 0.1) is 31.5 Å². The minimum Gasteiger partial charge on any atom is -0.378 e. The van der Waals surface area contributed by atoms with Crippen LogP contribution in [0.4, 0.5) is 0 Å². The van der Waals surface area contributed by atoms with E-state index in [-0.39, 0.29) is 0 Å². The molecule has 2 aromatic rings. The van der Waals surface area contributed by atoms with Crippen LogP contribution in [-0.2, 0) is 11.3 Å². The van der Waals surface area contributed by atoms with E-state index in [1.807, 2.05) is 23.0 Å². The Bertz CT molecular complexity index is 427. The first-order valence-corrected chi connectivity index (χ1v) is 5.49. The van der Waals surface area contributed by atoms with E-state index in [9.17, 15) is 0 Å². The topological polar surface area (TPSA) is 27.1 Å². The van der Waals surface area contributed by atoms with Crippen molar-refractivity contribution in [3.63, 3.8) is 0 Å². The smallest absolute Gasteiger partial charge is 0.0683 e. The highest BCUT2D eigenvalue weighted by Gasteiger charge is 2.00. The molecule has 4 heteroatoms. The highest BCUT2D eigenvalue weighted by atomic mass is 35.5. The van der Waals surface area contributed by atoms with Crippen LogP contribution in [0, 0.1) is 0 Å². The fourth-order valence-corrected chi connectivity index (χ4v) is 1.62. The van der Waals surface area contributed by atoms with Crippen molar-refractivity contribution < 1.29 is 4.74 Å². The van der Waals surface area contributed by atoms with Crippen LogP contribution >= 0.6 is 11.6 Å². The SMILES string of the molecule is ClCCOCCn1ncc2ccccc21. The Labute approximate surface area is 93.6 Å². The molecule has 0 fully saturated rings. The molecule has 0 aliphatic rings. The number of fused-ring (bicyclic) bond motifs is 1. The van der Waals surface area contributed by atoms with Gasteiger partial charge in [-0.1, -0.05) is 18.2 Å². The van der Waals surface area contributed by atoms with Gasteiger partial charge in [0, 0.05) is 11.3 Å². The third-order valence-electron chi connectivity index (χ3n) is 2.22. The first-order chi connectivity index (χ1) is 7.42. The van der Waals surface area contributed by atoms with Gasteiger partial charge in [0.2, 0.25) is 0 Å². The Balaban J connectivity index is 2.02. The summed E-state index contributed by atoms with van der Waals surface area (Å²) in [6.45, 7) is 2.02. The van der Waals surface area contributed by atoms with Crippen LogP contribution in [0.2, 0.25) is 0 Å². The molecule has 1 heterocycles. The van der Waals surface area contributed by atoms with Crippen molar-refractivity contribution in [1.29, 1.82) is 0 Å². The van der Waals surface area contributed by atoms with Crippen molar-refractivity contribution in [3.05, 3.63) is 30.5 Å². The lowest BCUT2D eigenvalue weighted by molar-refractivity contribution is 0.139. The van der Waals surface area contributed by atoms with E-state index in [0.29, 0.717) is 19.1 Å². The molecule has 0 saturated carbocycles. The quantitative estimate of drug-likeness (QED) is 0.576. The number of alkyl halides is 1. The van der Waals surface area contributed by atoms with Crippen LogP contribution in [0.15, 0.2) is 30.5 Å². The molecule has 0 aliphatic heterocycles. The number of hydrogen-bond donors (Lipinski definition) is 0. The molecule has 0 N–H and O–H groups in total. The average Bonchev–Trinajstić information content (AvgIpc) is 2.68. The number of hydrogen-bond acceptors (Lipinski definition) is 2. The van der Waals surface area contributed by atoms with E-state index in [4.69, 9.17) is 16.3 Å². The fourth-order valence-electron chi connectivity index (χ4n) is 1.51. The maximum absolute atomic E-state index is 5.51. The lowest BCUT2D eigenvalue weighted by atomic mass is 10.3. The monoisotopic (exact) mass is 224 g/mol. The second-order valence-electron chi connectivity index (χ2n) is 3.23. The van der Waals surface area contributed by atoms with Gasteiger partial charge in [0.25, 0.3) is 0 Å². The summed E-state index contributed by atoms with van der Waals surface area (Å²) < 4.78 is 7.26. The summed E-state index contributed by atoms with van der Waals surface area (Å²) in [7, 11) is 0. The molecule has 0 saturated heterocycles. The summed E-state index contributed by atoms with van der Waals surface area (Å²) in [5, 5.41) is 5.46. The van der Waals surface area contributed by atoms with Crippen LogP contribution in [0.25, 0.3) is 10.9 Å². The number of para-hydroxylation sites is 1. The van der Waals surface area contributed by atoms with Gasteiger partial charge in [0.1, 0.15) is 0 Å². The second-order valence-corrected chi connectivity index (χ2v) is 3.61. The van der Waals surface area contributed by atoms with Gasteiger partial charge in [-0.25, -0.2) is 0 Å². The van der Waals surface area contributed by atoms with Gasteiger partial charge in [-0.05, 0) is 6.07 Å². The van der Waals surface area contributed by atoms with Crippen LogP contribution in [-0.4, -0.2) is 28.9 Å². The van der Waals surface area contributed by atoms with E-state index >= 15 is 0 Å². The Morgan fingerprint density at radius 3 is 3.00 bits per heavy atom. The normalized spacial score (nSPS) is 11.0. The van der Waals surface area contributed by atoms with Crippen molar-refractivity contribution in [2.75, 3.05) is 19.1 Å². The molecule has 0 unspecified atom stereocenters. The zero-order valence-electron chi connectivity index (χ0n) is 8.40. The van der Waals surface area contributed by atoms with Crippen LogP contribution < -0.4 is 0 Å². The predicted octanol–water partition coefficient (Wildman–Crippen LogP) is 2.29.